The molecule has 106 valence electrons. The molecule has 19 heavy (non-hydrogen) atoms. The number of nitrogens with one attached hydrogen (secondary N) is 1. The normalized spacial score (nSPS) is 24.0. The van der Waals surface area contributed by atoms with Crippen LogP contribution in [0.15, 0.2) is 18.2 Å². The zero-order chi connectivity index (χ0) is 14.0. The Labute approximate surface area is 122 Å². The number of nitrogens with zero attached hydrogens (tertiary/aromatic N) is 1. The minimum Gasteiger partial charge on any atom is -0.365 e. The van der Waals surface area contributed by atoms with Crippen LogP contribution in [0.5, 0.6) is 0 Å². The molecule has 3 heteroatoms. The van der Waals surface area contributed by atoms with Crippen LogP contribution in [0.4, 0.5) is 5.69 Å². The molecule has 0 saturated carbocycles. The number of aryl methyl sites for hydroxylation is 1. The predicted molar refractivity (Wildman–Crippen MR) is 84.2 cm³/mol. The first-order valence-corrected chi connectivity index (χ1v) is 7.61. The monoisotopic (exact) mass is 280 g/mol. The van der Waals surface area contributed by atoms with E-state index in [9.17, 15) is 0 Å². The fraction of sp³-hybridized carbons (Fsp3) is 0.625. The smallest absolute Gasteiger partial charge is 0.0642 e. The van der Waals surface area contributed by atoms with Gasteiger partial charge in [-0.05, 0) is 43.9 Å². The van der Waals surface area contributed by atoms with Gasteiger partial charge in [-0.1, -0.05) is 31.5 Å². The molecule has 1 aromatic rings. The molecule has 2 atom stereocenters. The molecular weight excluding hydrogens is 256 g/mol. The van der Waals surface area contributed by atoms with Gasteiger partial charge in [0.25, 0.3) is 0 Å². The SMILES string of the molecule is Cc1ccc(N2CC(CC(C)C)NCC2C)c(Cl)c1. The van der Waals surface area contributed by atoms with Gasteiger partial charge >= 0.3 is 0 Å². The summed E-state index contributed by atoms with van der Waals surface area (Å²) in [5, 5.41) is 4.52. The lowest BCUT2D eigenvalue weighted by molar-refractivity contribution is 0.356. The Bertz CT molecular complexity index is 431. The van der Waals surface area contributed by atoms with Crippen molar-refractivity contribution in [3.8, 4) is 0 Å². The van der Waals surface area contributed by atoms with Crippen LogP contribution in [-0.4, -0.2) is 25.2 Å². The van der Waals surface area contributed by atoms with E-state index in [4.69, 9.17) is 11.6 Å². The minimum absolute atomic E-state index is 0.489. The van der Waals surface area contributed by atoms with E-state index in [2.05, 4.69) is 56.1 Å². The summed E-state index contributed by atoms with van der Waals surface area (Å²) in [6, 6.07) is 7.42. The van der Waals surface area contributed by atoms with Crippen LogP contribution in [0.25, 0.3) is 0 Å². The largest absolute Gasteiger partial charge is 0.365 e. The zero-order valence-electron chi connectivity index (χ0n) is 12.4. The molecule has 1 saturated heterocycles. The van der Waals surface area contributed by atoms with E-state index in [1.54, 1.807) is 0 Å². The number of hydrogen-bond acceptors (Lipinski definition) is 2. The van der Waals surface area contributed by atoms with Crippen molar-refractivity contribution in [2.24, 2.45) is 5.92 Å². The van der Waals surface area contributed by atoms with Gasteiger partial charge in [-0.3, -0.25) is 0 Å². The van der Waals surface area contributed by atoms with Crippen LogP contribution in [0.1, 0.15) is 32.8 Å². The lowest BCUT2D eigenvalue weighted by Gasteiger charge is -2.41. The third kappa shape index (κ3) is 3.64. The summed E-state index contributed by atoms with van der Waals surface area (Å²) in [6.07, 6.45) is 1.21. The number of anilines is 1. The van der Waals surface area contributed by atoms with Gasteiger partial charge in [-0.25, -0.2) is 0 Å². The van der Waals surface area contributed by atoms with Gasteiger partial charge in [-0.15, -0.1) is 0 Å². The number of benzene rings is 1. The summed E-state index contributed by atoms with van der Waals surface area (Å²) < 4.78 is 0. The van der Waals surface area contributed by atoms with Gasteiger partial charge in [0, 0.05) is 25.2 Å². The quantitative estimate of drug-likeness (QED) is 0.904. The second kappa shape index (κ2) is 6.15. The van der Waals surface area contributed by atoms with E-state index in [0.717, 1.165) is 24.0 Å². The second-order valence-electron chi connectivity index (χ2n) is 6.19. The molecule has 0 radical (unpaired) electrons. The molecule has 0 aliphatic carbocycles. The first-order chi connectivity index (χ1) is 8.97. The van der Waals surface area contributed by atoms with Crippen molar-refractivity contribution in [2.75, 3.05) is 18.0 Å². The minimum atomic E-state index is 0.489. The Hall–Kier alpha value is -0.730. The highest BCUT2D eigenvalue weighted by molar-refractivity contribution is 6.33. The van der Waals surface area contributed by atoms with Crippen molar-refractivity contribution in [2.45, 2.75) is 46.2 Å². The van der Waals surface area contributed by atoms with E-state index in [0.29, 0.717) is 12.1 Å². The first-order valence-electron chi connectivity index (χ1n) is 7.23. The maximum Gasteiger partial charge on any atom is 0.0642 e. The van der Waals surface area contributed by atoms with Crippen LogP contribution in [-0.2, 0) is 0 Å². The fourth-order valence-electron chi connectivity index (χ4n) is 2.84. The van der Waals surface area contributed by atoms with Crippen LogP contribution >= 0.6 is 11.6 Å². The molecule has 0 spiro atoms. The molecule has 1 fully saturated rings. The van der Waals surface area contributed by atoms with Gasteiger partial charge in [0.05, 0.1) is 10.7 Å². The molecular formula is C16H25ClN2. The Morgan fingerprint density at radius 2 is 2.16 bits per heavy atom. The average molecular weight is 281 g/mol. The zero-order valence-corrected chi connectivity index (χ0v) is 13.2. The Morgan fingerprint density at radius 3 is 2.79 bits per heavy atom. The maximum absolute atomic E-state index is 6.42. The summed E-state index contributed by atoms with van der Waals surface area (Å²) in [4.78, 5) is 2.45. The fourth-order valence-corrected chi connectivity index (χ4v) is 3.18. The van der Waals surface area contributed by atoms with Crippen molar-refractivity contribution >= 4 is 17.3 Å². The molecule has 2 rings (SSSR count). The Balaban J connectivity index is 2.16. The molecule has 0 amide bonds. The van der Waals surface area contributed by atoms with Gasteiger partial charge in [0.1, 0.15) is 0 Å². The number of rotatable bonds is 3. The van der Waals surface area contributed by atoms with Crippen molar-refractivity contribution in [1.29, 1.82) is 0 Å². The average Bonchev–Trinajstić information content (AvgIpc) is 2.31. The van der Waals surface area contributed by atoms with Crippen molar-refractivity contribution in [3.63, 3.8) is 0 Å². The number of hydrogen-bond donors (Lipinski definition) is 1. The highest BCUT2D eigenvalue weighted by Gasteiger charge is 2.26. The molecule has 1 N–H and O–H groups in total. The third-order valence-electron chi connectivity index (χ3n) is 3.82. The summed E-state index contributed by atoms with van der Waals surface area (Å²) in [5.41, 5.74) is 2.39. The Morgan fingerprint density at radius 1 is 1.42 bits per heavy atom. The van der Waals surface area contributed by atoms with Gasteiger partial charge in [0.15, 0.2) is 0 Å². The van der Waals surface area contributed by atoms with E-state index in [1.165, 1.54) is 17.7 Å². The van der Waals surface area contributed by atoms with E-state index in [-0.39, 0.29) is 0 Å². The lowest BCUT2D eigenvalue weighted by atomic mass is 9.99. The van der Waals surface area contributed by atoms with Crippen molar-refractivity contribution in [1.82, 2.24) is 5.32 Å². The van der Waals surface area contributed by atoms with Crippen LogP contribution in [0.2, 0.25) is 5.02 Å². The molecule has 0 aromatic heterocycles. The van der Waals surface area contributed by atoms with Crippen LogP contribution in [0, 0.1) is 12.8 Å². The van der Waals surface area contributed by atoms with Gasteiger partial charge < -0.3 is 10.2 Å². The molecule has 1 heterocycles. The molecule has 2 nitrogen and oxygen atoms in total. The lowest BCUT2D eigenvalue weighted by Crippen LogP contribution is -2.56. The molecule has 1 aliphatic rings. The number of piperazine rings is 1. The van der Waals surface area contributed by atoms with E-state index in [1.807, 2.05) is 0 Å². The molecule has 1 aromatic carbocycles. The molecule has 1 aliphatic heterocycles. The van der Waals surface area contributed by atoms with Crippen LogP contribution in [0.3, 0.4) is 0 Å². The number of halogens is 1. The summed E-state index contributed by atoms with van der Waals surface area (Å²) in [7, 11) is 0. The summed E-state index contributed by atoms with van der Waals surface area (Å²) in [6.45, 7) is 11.0. The molecule has 2 unspecified atom stereocenters. The highest BCUT2D eigenvalue weighted by atomic mass is 35.5. The van der Waals surface area contributed by atoms with Gasteiger partial charge in [-0.2, -0.15) is 0 Å². The predicted octanol–water partition coefficient (Wildman–Crippen LogP) is 3.86. The van der Waals surface area contributed by atoms with E-state index >= 15 is 0 Å². The second-order valence-corrected chi connectivity index (χ2v) is 6.60. The van der Waals surface area contributed by atoms with E-state index < -0.39 is 0 Å². The van der Waals surface area contributed by atoms with Crippen LogP contribution < -0.4 is 10.2 Å². The standard InChI is InChI=1S/C16H25ClN2/c1-11(2)7-14-10-19(13(4)9-18-14)16-6-5-12(3)8-15(16)17/h5-6,8,11,13-14,18H,7,9-10H2,1-4H3. The van der Waals surface area contributed by atoms with Crippen molar-refractivity contribution < 1.29 is 0 Å². The highest BCUT2D eigenvalue weighted by Crippen LogP contribution is 2.30. The Kier molecular flexibility index (Phi) is 4.75. The third-order valence-corrected chi connectivity index (χ3v) is 4.12. The summed E-state index contributed by atoms with van der Waals surface area (Å²) >= 11 is 6.42. The maximum atomic E-state index is 6.42. The van der Waals surface area contributed by atoms with Gasteiger partial charge in [0.2, 0.25) is 0 Å². The summed E-state index contributed by atoms with van der Waals surface area (Å²) in [5.74, 6) is 0.723. The molecule has 0 bridgehead atoms. The van der Waals surface area contributed by atoms with Crippen molar-refractivity contribution in [3.05, 3.63) is 28.8 Å². The topological polar surface area (TPSA) is 15.3 Å². The first kappa shape index (κ1) is 14.7.